The first-order chi connectivity index (χ1) is 14.8. The number of anilines is 2. The van der Waals surface area contributed by atoms with Gasteiger partial charge in [0.1, 0.15) is 5.69 Å². The van der Waals surface area contributed by atoms with Gasteiger partial charge in [-0.3, -0.25) is 9.40 Å². The number of aryl methyl sites for hydroxylation is 1. The Balaban J connectivity index is 1.80. The summed E-state index contributed by atoms with van der Waals surface area (Å²) in [7, 11) is -3.36. The molecule has 4 rings (SSSR count). The minimum absolute atomic E-state index is 0.483. The maximum absolute atomic E-state index is 11.7. The van der Waals surface area contributed by atoms with Crippen LogP contribution in [0.25, 0.3) is 22.5 Å². The summed E-state index contributed by atoms with van der Waals surface area (Å²) >= 11 is 0. The summed E-state index contributed by atoms with van der Waals surface area (Å²) in [4.78, 5) is 9.14. The fourth-order valence-corrected chi connectivity index (χ4v) is 4.34. The summed E-state index contributed by atoms with van der Waals surface area (Å²) in [5.74, 6) is 1.08. The Labute approximate surface area is 183 Å². The lowest BCUT2D eigenvalue weighted by atomic mass is 9.99. The Kier molecular flexibility index (Phi) is 5.95. The van der Waals surface area contributed by atoms with E-state index in [1.165, 1.54) is 0 Å². The van der Waals surface area contributed by atoms with Crippen LogP contribution in [-0.4, -0.2) is 41.0 Å². The maximum Gasteiger partial charge on any atom is 0.229 e. The van der Waals surface area contributed by atoms with Crippen LogP contribution in [0.3, 0.4) is 0 Å². The number of rotatable bonds is 7. The molecule has 2 N–H and O–H groups in total. The number of nitrogens with zero attached hydrogens (tertiary/aromatic N) is 4. The second kappa shape index (κ2) is 8.66. The lowest BCUT2D eigenvalue weighted by Crippen LogP contribution is -2.12. The lowest BCUT2D eigenvalue weighted by Gasteiger charge is -2.15. The first-order valence-corrected chi connectivity index (χ1v) is 12.4. The molecule has 0 unspecified atom stereocenters. The van der Waals surface area contributed by atoms with Gasteiger partial charge in [0.25, 0.3) is 0 Å². The van der Waals surface area contributed by atoms with Crippen LogP contribution in [0.2, 0.25) is 0 Å². The molecule has 31 heavy (non-hydrogen) atoms. The Morgan fingerprint density at radius 1 is 1.19 bits per heavy atom. The van der Waals surface area contributed by atoms with Crippen LogP contribution >= 0.6 is 0 Å². The van der Waals surface area contributed by atoms with E-state index in [4.69, 9.17) is 10.1 Å². The molecular weight excluding hydrogens is 412 g/mol. The van der Waals surface area contributed by atoms with E-state index in [9.17, 15) is 8.42 Å². The molecule has 1 aliphatic rings. The van der Waals surface area contributed by atoms with Crippen molar-refractivity contribution in [2.45, 2.75) is 39.7 Å². The first-order valence-electron chi connectivity index (χ1n) is 10.6. The molecule has 0 aliphatic carbocycles. The molecule has 2 aromatic heterocycles. The smallest absolute Gasteiger partial charge is 0.229 e. The van der Waals surface area contributed by atoms with E-state index in [2.05, 4.69) is 33.6 Å². The first kappa shape index (κ1) is 21.3. The zero-order chi connectivity index (χ0) is 22.0. The molecule has 164 valence electrons. The number of hydrogen-bond acceptors (Lipinski definition) is 6. The van der Waals surface area contributed by atoms with E-state index in [0.717, 1.165) is 66.8 Å². The molecule has 1 aliphatic heterocycles. The van der Waals surface area contributed by atoms with Crippen molar-refractivity contribution in [3.8, 4) is 22.5 Å². The molecule has 0 radical (unpaired) electrons. The topological polar surface area (TPSA) is 102 Å². The van der Waals surface area contributed by atoms with E-state index in [0.29, 0.717) is 17.6 Å². The minimum atomic E-state index is -3.36. The number of aromatic nitrogens is 4. The van der Waals surface area contributed by atoms with Gasteiger partial charge < -0.3 is 5.32 Å². The third kappa shape index (κ3) is 5.04. The van der Waals surface area contributed by atoms with Crippen LogP contribution in [0.5, 0.6) is 0 Å². The molecule has 0 bridgehead atoms. The fraction of sp³-hybridized carbons (Fsp3) is 0.409. The van der Waals surface area contributed by atoms with Crippen molar-refractivity contribution in [3.05, 3.63) is 42.2 Å². The van der Waals surface area contributed by atoms with Crippen molar-refractivity contribution in [2.24, 2.45) is 5.92 Å². The highest BCUT2D eigenvalue weighted by molar-refractivity contribution is 7.92. The summed E-state index contributed by atoms with van der Waals surface area (Å²) in [5.41, 5.74) is 5.14. The average Bonchev–Trinajstić information content (AvgIpc) is 3.11. The monoisotopic (exact) mass is 440 g/mol. The Morgan fingerprint density at radius 2 is 2.03 bits per heavy atom. The Morgan fingerprint density at radius 3 is 2.81 bits per heavy atom. The van der Waals surface area contributed by atoms with Crippen molar-refractivity contribution in [2.75, 3.05) is 22.8 Å². The molecule has 1 aromatic carbocycles. The van der Waals surface area contributed by atoms with Crippen LogP contribution < -0.4 is 10.0 Å². The molecule has 0 saturated heterocycles. The summed E-state index contributed by atoms with van der Waals surface area (Å²) in [6.07, 6.45) is 6.05. The fourth-order valence-electron chi connectivity index (χ4n) is 3.78. The normalized spacial score (nSPS) is 13.8. The lowest BCUT2D eigenvalue weighted by molar-refractivity contribution is 0.487. The standard InChI is InChI=1S/C22H28N6O2S/c1-15(2)14-24-22-23-11-10-18(25-22)20-19-9-4-5-12-28(19)26-21(20)16-7-6-8-17(13-16)27-31(3,29)30/h6-8,10-11,13,15,27H,4-5,9,12,14H2,1-3H3,(H,23,24,25). The van der Waals surface area contributed by atoms with Gasteiger partial charge in [-0.1, -0.05) is 26.0 Å². The van der Waals surface area contributed by atoms with Crippen LogP contribution in [0, 0.1) is 5.92 Å². The summed E-state index contributed by atoms with van der Waals surface area (Å²) in [5, 5.41) is 8.19. The number of benzene rings is 1. The molecule has 0 spiro atoms. The van der Waals surface area contributed by atoms with Gasteiger partial charge in [0.05, 0.1) is 11.9 Å². The van der Waals surface area contributed by atoms with Crippen molar-refractivity contribution in [3.63, 3.8) is 0 Å². The van der Waals surface area contributed by atoms with Crippen molar-refractivity contribution in [1.29, 1.82) is 0 Å². The Bertz CT molecular complexity index is 1190. The molecule has 3 aromatic rings. The SMILES string of the molecule is CC(C)CNc1nccc(-c2c(-c3cccc(NS(C)(=O)=O)c3)nn3c2CCCC3)n1. The van der Waals surface area contributed by atoms with Gasteiger partial charge in [-0.25, -0.2) is 18.4 Å². The van der Waals surface area contributed by atoms with E-state index in [-0.39, 0.29) is 0 Å². The third-order valence-electron chi connectivity index (χ3n) is 5.11. The van der Waals surface area contributed by atoms with Gasteiger partial charge in [0.15, 0.2) is 0 Å². The van der Waals surface area contributed by atoms with Gasteiger partial charge in [0, 0.05) is 41.8 Å². The maximum atomic E-state index is 11.7. The highest BCUT2D eigenvalue weighted by Crippen LogP contribution is 2.37. The van der Waals surface area contributed by atoms with Crippen molar-refractivity contribution in [1.82, 2.24) is 19.7 Å². The second-order valence-electron chi connectivity index (χ2n) is 8.35. The van der Waals surface area contributed by atoms with Gasteiger partial charge in [-0.2, -0.15) is 5.10 Å². The Hall–Kier alpha value is -2.94. The van der Waals surface area contributed by atoms with E-state index in [1.54, 1.807) is 12.3 Å². The van der Waals surface area contributed by atoms with Gasteiger partial charge in [-0.05, 0) is 43.4 Å². The van der Waals surface area contributed by atoms with Crippen LogP contribution in [0.1, 0.15) is 32.4 Å². The minimum Gasteiger partial charge on any atom is -0.354 e. The van der Waals surface area contributed by atoms with Gasteiger partial charge in [-0.15, -0.1) is 0 Å². The van der Waals surface area contributed by atoms with Gasteiger partial charge in [0.2, 0.25) is 16.0 Å². The van der Waals surface area contributed by atoms with E-state index < -0.39 is 10.0 Å². The van der Waals surface area contributed by atoms with E-state index >= 15 is 0 Å². The number of fused-ring (bicyclic) bond motifs is 1. The highest BCUT2D eigenvalue weighted by atomic mass is 32.2. The zero-order valence-corrected chi connectivity index (χ0v) is 18.9. The molecule has 3 heterocycles. The van der Waals surface area contributed by atoms with Gasteiger partial charge >= 0.3 is 0 Å². The molecule has 0 saturated carbocycles. The summed E-state index contributed by atoms with van der Waals surface area (Å²) in [6.45, 7) is 5.94. The highest BCUT2D eigenvalue weighted by Gasteiger charge is 2.24. The number of nitrogens with one attached hydrogen (secondary N) is 2. The molecule has 0 fully saturated rings. The van der Waals surface area contributed by atoms with E-state index in [1.807, 2.05) is 24.3 Å². The van der Waals surface area contributed by atoms with Crippen molar-refractivity contribution < 1.29 is 8.42 Å². The predicted octanol–water partition coefficient (Wildman–Crippen LogP) is 3.78. The average molecular weight is 441 g/mol. The third-order valence-corrected chi connectivity index (χ3v) is 5.72. The predicted molar refractivity (Wildman–Crippen MR) is 123 cm³/mol. The molecule has 0 atom stereocenters. The summed E-state index contributed by atoms with van der Waals surface area (Å²) < 4.78 is 28.0. The van der Waals surface area contributed by atoms with Crippen LogP contribution in [0.4, 0.5) is 11.6 Å². The molecule has 0 amide bonds. The molecule has 9 heteroatoms. The van der Waals surface area contributed by atoms with Crippen molar-refractivity contribution >= 4 is 21.7 Å². The number of hydrogen-bond donors (Lipinski definition) is 2. The molecule has 8 nitrogen and oxygen atoms in total. The van der Waals surface area contributed by atoms with Crippen LogP contribution in [-0.2, 0) is 23.0 Å². The van der Waals surface area contributed by atoms with Crippen LogP contribution in [0.15, 0.2) is 36.5 Å². The zero-order valence-electron chi connectivity index (χ0n) is 18.1. The number of sulfonamides is 1. The second-order valence-corrected chi connectivity index (χ2v) is 10.1. The largest absolute Gasteiger partial charge is 0.354 e. The molecular formula is C22H28N6O2S. The quantitative estimate of drug-likeness (QED) is 0.580. The summed E-state index contributed by atoms with van der Waals surface area (Å²) in [6, 6.07) is 9.25.